The van der Waals surface area contributed by atoms with Gasteiger partial charge >= 0.3 is 0 Å². The summed E-state index contributed by atoms with van der Waals surface area (Å²) >= 11 is 0. The molecule has 25 heavy (non-hydrogen) atoms. The van der Waals surface area contributed by atoms with Gasteiger partial charge in [0.1, 0.15) is 5.82 Å². The largest absolute Gasteiger partial charge is 0.378 e. The lowest BCUT2D eigenvalue weighted by Crippen LogP contribution is -2.30. The van der Waals surface area contributed by atoms with Gasteiger partial charge in [-0.1, -0.05) is 30.3 Å². The molecule has 126 valence electrons. The molecule has 0 atom stereocenters. The fourth-order valence-electron chi connectivity index (χ4n) is 3.19. The van der Waals surface area contributed by atoms with Gasteiger partial charge in [-0.3, -0.25) is 4.79 Å². The maximum Gasteiger partial charge on any atom is 0.231 e. The summed E-state index contributed by atoms with van der Waals surface area (Å²) in [6, 6.07) is 16.2. The lowest BCUT2D eigenvalue weighted by Gasteiger charge is -2.17. The molecule has 2 aromatic carbocycles. The summed E-state index contributed by atoms with van der Waals surface area (Å²) in [5.74, 6) is 1.05. The molecule has 5 heteroatoms. The minimum atomic E-state index is 0.154. The molecule has 2 heterocycles. The van der Waals surface area contributed by atoms with Crippen LogP contribution in [0.2, 0.25) is 0 Å². The Hall–Kier alpha value is -3.08. The molecule has 0 aliphatic carbocycles. The van der Waals surface area contributed by atoms with Gasteiger partial charge in [-0.05, 0) is 35.7 Å². The molecule has 0 spiro atoms. The van der Waals surface area contributed by atoms with Crippen LogP contribution in [0, 0.1) is 0 Å². The van der Waals surface area contributed by atoms with Crippen molar-refractivity contribution in [3.63, 3.8) is 0 Å². The number of imidazole rings is 1. The van der Waals surface area contributed by atoms with E-state index in [4.69, 9.17) is 0 Å². The van der Waals surface area contributed by atoms with Gasteiger partial charge in [-0.25, -0.2) is 4.98 Å². The first-order chi connectivity index (χ1) is 12.3. The van der Waals surface area contributed by atoms with E-state index in [0.717, 1.165) is 35.7 Å². The van der Waals surface area contributed by atoms with Crippen molar-refractivity contribution in [2.24, 2.45) is 0 Å². The molecule has 0 fully saturated rings. The predicted octanol–water partition coefficient (Wildman–Crippen LogP) is 3.15. The summed E-state index contributed by atoms with van der Waals surface area (Å²) in [6.07, 6.45) is 4.91. The van der Waals surface area contributed by atoms with Gasteiger partial charge in [0.25, 0.3) is 0 Å². The molecule has 2 N–H and O–H groups in total. The number of aromatic nitrogens is 2. The second kappa shape index (κ2) is 6.81. The number of rotatable bonds is 5. The molecule has 3 aromatic rings. The van der Waals surface area contributed by atoms with Crippen LogP contribution in [0.4, 0.5) is 11.4 Å². The van der Waals surface area contributed by atoms with E-state index in [0.29, 0.717) is 13.0 Å². The van der Waals surface area contributed by atoms with E-state index in [1.165, 1.54) is 5.56 Å². The lowest BCUT2D eigenvalue weighted by atomic mass is 10.1. The SMILES string of the molecule is O=C(Cc1ccc(NCc2ncc[nH]2)cc1)N1CCc2ccccc21. The Kier molecular flexibility index (Phi) is 4.21. The highest BCUT2D eigenvalue weighted by atomic mass is 16.2. The summed E-state index contributed by atoms with van der Waals surface area (Å²) < 4.78 is 0. The standard InChI is InChI=1S/C20H20N4O/c25-20(24-12-9-16-3-1-2-4-18(16)24)13-15-5-7-17(8-6-15)23-14-19-21-10-11-22-19/h1-8,10-11,23H,9,12-14H2,(H,21,22). The maximum absolute atomic E-state index is 12.6. The molecule has 0 saturated heterocycles. The zero-order valence-corrected chi connectivity index (χ0v) is 13.9. The normalized spacial score (nSPS) is 12.9. The van der Waals surface area contributed by atoms with E-state index in [9.17, 15) is 4.79 Å². The smallest absolute Gasteiger partial charge is 0.231 e. The number of hydrogen-bond donors (Lipinski definition) is 2. The lowest BCUT2D eigenvalue weighted by molar-refractivity contribution is -0.117. The Bertz CT molecular complexity index is 856. The van der Waals surface area contributed by atoms with Crippen LogP contribution in [-0.2, 0) is 24.2 Å². The van der Waals surface area contributed by atoms with Crippen molar-refractivity contribution < 1.29 is 4.79 Å². The minimum Gasteiger partial charge on any atom is -0.378 e. The third-order valence-electron chi connectivity index (χ3n) is 4.51. The van der Waals surface area contributed by atoms with E-state index in [1.807, 2.05) is 53.6 Å². The van der Waals surface area contributed by atoms with Gasteiger partial charge < -0.3 is 15.2 Å². The Morgan fingerprint density at radius 2 is 2.00 bits per heavy atom. The summed E-state index contributed by atoms with van der Waals surface area (Å²) in [5, 5.41) is 3.31. The van der Waals surface area contributed by atoms with Crippen molar-refractivity contribution in [1.82, 2.24) is 9.97 Å². The Morgan fingerprint density at radius 1 is 1.16 bits per heavy atom. The Morgan fingerprint density at radius 3 is 2.80 bits per heavy atom. The van der Waals surface area contributed by atoms with E-state index in [1.54, 1.807) is 6.20 Å². The third-order valence-corrected chi connectivity index (χ3v) is 4.51. The van der Waals surface area contributed by atoms with Gasteiger partial charge in [-0.15, -0.1) is 0 Å². The molecule has 0 radical (unpaired) electrons. The molecule has 1 aliphatic rings. The van der Waals surface area contributed by atoms with E-state index < -0.39 is 0 Å². The molecule has 0 saturated carbocycles. The van der Waals surface area contributed by atoms with Crippen LogP contribution in [0.25, 0.3) is 0 Å². The van der Waals surface area contributed by atoms with Crippen molar-refractivity contribution in [3.05, 3.63) is 77.9 Å². The topological polar surface area (TPSA) is 61.0 Å². The zero-order chi connectivity index (χ0) is 17.1. The number of H-pyrrole nitrogens is 1. The van der Waals surface area contributed by atoms with E-state index >= 15 is 0 Å². The quantitative estimate of drug-likeness (QED) is 0.754. The molecule has 0 bridgehead atoms. The fraction of sp³-hybridized carbons (Fsp3) is 0.200. The average Bonchev–Trinajstić information content (AvgIpc) is 3.31. The van der Waals surface area contributed by atoms with E-state index in [-0.39, 0.29) is 5.91 Å². The number of para-hydroxylation sites is 1. The molecule has 1 aromatic heterocycles. The number of anilines is 2. The number of carbonyl (C=O) groups is 1. The summed E-state index contributed by atoms with van der Waals surface area (Å²) in [5.41, 5.74) is 4.36. The van der Waals surface area contributed by atoms with Crippen molar-refractivity contribution in [1.29, 1.82) is 0 Å². The molecular weight excluding hydrogens is 312 g/mol. The highest BCUT2D eigenvalue weighted by molar-refractivity contribution is 5.96. The summed E-state index contributed by atoms with van der Waals surface area (Å²) in [6.45, 7) is 1.43. The summed E-state index contributed by atoms with van der Waals surface area (Å²) in [4.78, 5) is 21.8. The summed E-state index contributed by atoms with van der Waals surface area (Å²) in [7, 11) is 0. The first kappa shape index (κ1) is 15.4. The van der Waals surface area contributed by atoms with Crippen LogP contribution in [0.3, 0.4) is 0 Å². The highest BCUT2D eigenvalue weighted by Gasteiger charge is 2.23. The molecule has 1 aliphatic heterocycles. The number of carbonyl (C=O) groups excluding carboxylic acids is 1. The molecule has 5 nitrogen and oxygen atoms in total. The minimum absolute atomic E-state index is 0.154. The molecule has 4 rings (SSSR count). The van der Waals surface area contributed by atoms with Crippen LogP contribution in [-0.4, -0.2) is 22.4 Å². The molecular formula is C20H20N4O. The molecule has 1 amide bonds. The maximum atomic E-state index is 12.6. The van der Waals surface area contributed by atoms with Crippen molar-refractivity contribution in [2.45, 2.75) is 19.4 Å². The van der Waals surface area contributed by atoms with Crippen molar-refractivity contribution in [2.75, 3.05) is 16.8 Å². The number of hydrogen-bond acceptors (Lipinski definition) is 3. The second-order valence-corrected chi connectivity index (χ2v) is 6.19. The van der Waals surface area contributed by atoms with Crippen LogP contribution < -0.4 is 10.2 Å². The number of nitrogens with zero attached hydrogens (tertiary/aromatic N) is 2. The number of fused-ring (bicyclic) bond motifs is 1. The van der Waals surface area contributed by atoms with Crippen molar-refractivity contribution in [3.8, 4) is 0 Å². The number of benzene rings is 2. The number of aromatic amines is 1. The number of amides is 1. The monoisotopic (exact) mass is 332 g/mol. The fourth-order valence-corrected chi connectivity index (χ4v) is 3.19. The predicted molar refractivity (Wildman–Crippen MR) is 98.6 cm³/mol. The average molecular weight is 332 g/mol. The second-order valence-electron chi connectivity index (χ2n) is 6.19. The Labute approximate surface area is 146 Å². The van der Waals surface area contributed by atoms with Gasteiger partial charge in [0.2, 0.25) is 5.91 Å². The Balaban J connectivity index is 1.37. The number of nitrogens with one attached hydrogen (secondary N) is 2. The highest BCUT2D eigenvalue weighted by Crippen LogP contribution is 2.28. The zero-order valence-electron chi connectivity index (χ0n) is 13.9. The third kappa shape index (κ3) is 3.40. The van der Waals surface area contributed by atoms with Crippen LogP contribution in [0.15, 0.2) is 60.9 Å². The van der Waals surface area contributed by atoms with Gasteiger partial charge in [0, 0.05) is 30.3 Å². The first-order valence-corrected chi connectivity index (χ1v) is 8.49. The van der Waals surface area contributed by atoms with Gasteiger partial charge in [0.15, 0.2) is 0 Å². The molecule has 0 unspecified atom stereocenters. The van der Waals surface area contributed by atoms with Crippen LogP contribution in [0.1, 0.15) is 17.0 Å². The van der Waals surface area contributed by atoms with Gasteiger partial charge in [-0.2, -0.15) is 0 Å². The van der Waals surface area contributed by atoms with Gasteiger partial charge in [0.05, 0.1) is 13.0 Å². The van der Waals surface area contributed by atoms with Crippen molar-refractivity contribution >= 4 is 17.3 Å². The van der Waals surface area contributed by atoms with E-state index in [2.05, 4.69) is 21.4 Å². The van der Waals surface area contributed by atoms with Crippen LogP contribution in [0.5, 0.6) is 0 Å². The first-order valence-electron chi connectivity index (χ1n) is 8.49. The van der Waals surface area contributed by atoms with Crippen LogP contribution >= 0.6 is 0 Å².